The molecule has 3 saturated carbocycles. The normalized spacial score (nSPS) is 35.5. The van der Waals surface area contributed by atoms with Crippen LogP contribution in [-0.4, -0.2) is 60.6 Å². The van der Waals surface area contributed by atoms with Crippen LogP contribution >= 0.6 is 0 Å². The maximum absolute atomic E-state index is 13.2. The van der Waals surface area contributed by atoms with Gasteiger partial charge in [-0.1, -0.05) is 12.1 Å². The largest absolute Gasteiger partial charge is 0.467 e. The van der Waals surface area contributed by atoms with E-state index in [1.165, 1.54) is 0 Å². The Morgan fingerprint density at radius 2 is 1.96 bits per heavy atom. The Kier molecular flexibility index (Phi) is 3.93. The van der Waals surface area contributed by atoms with Crippen molar-refractivity contribution in [1.29, 1.82) is 0 Å². The first kappa shape index (κ1) is 17.0. The first-order chi connectivity index (χ1) is 13.1. The molecule has 2 bridgehead atoms. The van der Waals surface area contributed by atoms with Crippen LogP contribution in [0.15, 0.2) is 24.3 Å². The summed E-state index contributed by atoms with van der Waals surface area (Å²) >= 11 is 0. The number of carbonyl (C=O) groups excluding carboxylic acids is 2. The molecular formula is C21H27N3O3. The van der Waals surface area contributed by atoms with Crippen LogP contribution in [0.3, 0.4) is 0 Å². The van der Waals surface area contributed by atoms with Gasteiger partial charge in [-0.3, -0.25) is 9.59 Å². The average Bonchev–Trinajstić information content (AvgIpc) is 2.68. The molecule has 1 saturated heterocycles. The van der Waals surface area contributed by atoms with Gasteiger partial charge in [0.05, 0.1) is 5.56 Å². The maximum Gasteiger partial charge on any atom is 0.258 e. The van der Waals surface area contributed by atoms with Crippen LogP contribution in [-0.2, 0) is 4.79 Å². The van der Waals surface area contributed by atoms with Gasteiger partial charge in [0.1, 0.15) is 5.75 Å². The fraction of sp³-hybridized carbons (Fsp3) is 0.619. The molecule has 1 N–H and O–H groups in total. The van der Waals surface area contributed by atoms with Crippen LogP contribution in [0.5, 0.6) is 5.75 Å². The van der Waals surface area contributed by atoms with E-state index in [2.05, 4.69) is 17.3 Å². The van der Waals surface area contributed by atoms with E-state index < -0.39 is 5.72 Å². The molecule has 1 spiro atoms. The number of ether oxygens (including phenoxy) is 1. The molecule has 6 heteroatoms. The second kappa shape index (κ2) is 6.23. The van der Waals surface area contributed by atoms with Crippen molar-refractivity contribution in [3.63, 3.8) is 0 Å². The monoisotopic (exact) mass is 369 g/mol. The smallest absolute Gasteiger partial charge is 0.258 e. The molecule has 2 heterocycles. The Balaban J connectivity index is 1.35. The van der Waals surface area contributed by atoms with E-state index in [0.29, 0.717) is 17.2 Å². The number of rotatable bonds is 1. The lowest BCUT2D eigenvalue weighted by atomic mass is 9.59. The van der Waals surface area contributed by atoms with E-state index in [-0.39, 0.29) is 23.7 Å². The van der Waals surface area contributed by atoms with Gasteiger partial charge in [-0.25, -0.2) is 0 Å². The number of likely N-dealkylation sites (N-methyl/N-ethyl adjacent to an activating group) is 1. The lowest BCUT2D eigenvalue weighted by Crippen LogP contribution is -2.67. The van der Waals surface area contributed by atoms with E-state index in [1.54, 1.807) is 6.07 Å². The number of carbonyl (C=O) groups is 2. The summed E-state index contributed by atoms with van der Waals surface area (Å²) < 4.78 is 6.39. The SMILES string of the molecule is CN1CCN(C(=O)[C@@H]2C[C@H]3CC[C@H]2C[C@]32NC(=O)c3ccccc3O2)CC1. The van der Waals surface area contributed by atoms with Crippen LogP contribution in [0.2, 0.25) is 0 Å². The fourth-order valence-corrected chi connectivity index (χ4v) is 5.52. The number of para-hydroxylation sites is 1. The van der Waals surface area contributed by atoms with Crippen molar-refractivity contribution >= 4 is 11.8 Å². The highest BCUT2D eigenvalue weighted by atomic mass is 16.5. The Bertz CT molecular complexity index is 774. The Hall–Kier alpha value is -2.08. The third-order valence-corrected chi connectivity index (χ3v) is 7.10. The second-order valence-electron chi connectivity index (χ2n) is 8.65. The van der Waals surface area contributed by atoms with Gasteiger partial charge in [0.15, 0.2) is 5.72 Å². The minimum absolute atomic E-state index is 0.0497. The summed E-state index contributed by atoms with van der Waals surface area (Å²) in [4.78, 5) is 30.1. The number of nitrogens with one attached hydrogen (secondary N) is 1. The summed E-state index contributed by atoms with van der Waals surface area (Å²) in [5.41, 5.74) is -0.0256. The van der Waals surface area contributed by atoms with Crippen molar-refractivity contribution in [1.82, 2.24) is 15.1 Å². The lowest BCUT2D eigenvalue weighted by molar-refractivity contribution is -0.156. The molecular weight excluding hydrogens is 342 g/mol. The second-order valence-corrected chi connectivity index (χ2v) is 8.65. The summed E-state index contributed by atoms with van der Waals surface area (Å²) in [5.74, 6) is 1.50. The van der Waals surface area contributed by atoms with Crippen molar-refractivity contribution in [2.75, 3.05) is 33.2 Å². The molecule has 6 rings (SSSR count). The molecule has 1 aromatic rings. The molecule has 4 atom stereocenters. The topological polar surface area (TPSA) is 61.9 Å². The number of amides is 2. The molecule has 1 aromatic carbocycles. The predicted molar refractivity (Wildman–Crippen MR) is 100 cm³/mol. The van der Waals surface area contributed by atoms with Crippen molar-refractivity contribution in [3.05, 3.63) is 29.8 Å². The number of piperazine rings is 1. The van der Waals surface area contributed by atoms with Gasteiger partial charge in [-0.15, -0.1) is 0 Å². The summed E-state index contributed by atoms with van der Waals surface area (Å²) in [5, 5.41) is 3.17. The molecule has 2 amide bonds. The zero-order chi connectivity index (χ0) is 18.6. The molecule has 4 fully saturated rings. The first-order valence-corrected chi connectivity index (χ1v) is 10.1. The molecule has 27 heavy (non-hydrogen) atoms. The summed E-state index contributed by atoms with van der Waals surface area (Å²) in [7, 11) is 2.11. The zero-order valence-corrected chi connectivity index (χ0v) is 15.8. The number of hydrogen-bond acceptors (Lipinski definition) is 4. The standard InChI is InChI=1S/C21H27N3O3/c1-23-8-10-24(11-9-23)20(26)17-12-15-7-6-14(17)13-21(15)22-19(25)16-4-2-3-5-18(16)27-21/h2-5,14-15,17H,6-13H2,1H3,(H,22,25)/t14-,15+,17+,21+/m0/s1. The highest BCUT2D eigenvalue weighted by Crippen LogP contribution is 2.52. The van der Waals surface area contributed by atoms with E-state index in [0.717, 1.165) is 51.9 Å². The average molecular weight is 369 g/mol. The highest BCUT2D eigenvalue weighted by Gasteiger charge is 2.57. The third kappa shape index (κ3) is 2.73. The van der Waals surface area contributed by atoms with Crippen molar-refractivity contribution in [3.8, 4) is 5.75 Å². The minimum Gasteiger partial charge on any atom is -0.467 e. The van der Waals surface area contributed by atoms with E-state index >= 15 is 0 Å². The highest BCUT2D eigenvalue weighted by molar-refractivity contribution is 5.98. The lowest BCUT2D eigenvalue weighted by Gasteiger charge is -2.55. The Labute approximate surface area is 159 Å². The summed E-state index contributed by atoms with van der Waals surface area (Å²) in [6.07, 6.45) is 3.62. The number of hydrogen-bond donors (Lipinski definition) is 1. The van der Waals surface area contributed by atoms with Crippen LogP contribution < -0.4 is 10.1 Å². The Morgan fingerprint density at radius 3 is 2.70 bits per heavy atom. The van der Waals surface area contributed by atoms with E-state index in [4.69, 9.17) is 4.74 Å². The van der Waals surface area contributed by atoms with Crippen LogP contribution in [0.1, 0.15) is 36.0 Å². The van der Waals surface area contributed by atoms with E-state index in [1.807, 2.05) is 23.1 Å². The summed E-state index contributed by atoms with van der Waals surface area (Å²) in [6.45, 7) is 3.56. The van der Waals surface area contributed by atoms with E-state index in [9.17, 15) is 9.59 Å². The van der Waals surface area contributed by atoms with Crippen molar-refractivity contribution in [2.24, 2.45) is 17.8 Å². The zero-order valence-electron chi connectivity index (χ0n) is 15.8. The van der Waals surface area contributed by atoms with Gasteiger partial charge in [0, 0.05) is 44.4 Å². The first-order valence-electron chi connectivity index (χ1n) is 10.1. The molecule has 2 aliphatic heterocycles. The molecule has 0 aromatic heterocycles. The predicted octanol–water partition coefficient (Wildman–Crippen LogP) is 1.72. The van der Waals surface area contributed by atoms with Crippen LogP contribution in [0.4, 0.5) is 0 Å². The molecule has 0 radical (unpaired) electrons. The molecule has 5 aliphatic rings. The van der Waals surface area contributed by atoms with Gasteiger partial charge in [0.2, 0.25) is 5.91 Å². The Morgan fingerprint density at radius 1 is 1.19 bits per heavy atom. The molecule has 6 nitrogen and oxygen atoms in total. The molecule has 0 unspecified atom stereocenters. The van der Waals surface area contributed by atoms with Gasteiger partial charge >= 0.3 is 0 Å². The minimum atomic E-state index is -0.632. The van der Waals surface area contributed by atoms with Gasteiger partial charge in [0.25, 0.3) is 5.91 Å². The number of benzene rings is 1. The van der Waals surface area contributed by atoms with Crippen molar-refractivity contribution < 1.29 is 14.3 Å². The van der Waals surface area contributed by atoms with Crippen LogP contribution in [0.25, 0.3) is 0 Å². The van der Waals surface area contributed by atoms with Gasteiger partial charge in [-0.2, -0.15) is 0 Å². The number of nitrogens with zero attached hydrogens (tertiary/aromatic N) is 2. The molecule has 144 valence electrons. The third-order valence-electron chi connectivity index (χ3n) is 7.10. The van der Waals surface area contributed by atoms with Gasteiger partial charge in [-0.05, 0) is 44.4 Å². The maximum atomic E-state index is 13.2. The fourth-order valence-electron chi connectivity index (χ4n) is 5.52. The van der Waals surface area contributed by atoms with Crippen molar-refractivity contribution in [2.45, 2.75) is 31.4 Å². The number of fused-ring (bicyclic) bond motifs is 3. The summed E-state index contributed by atoms with van der Waals surface area (Å²) in [6, 6.07) is 7.45. The van der Waals surface area contributed by atoms with Gasteiger partial charge < -0.3 is 19.9 Å². The quantitative estimate of drug-likeness (QED) is 0.819. The van der Waals surface area contributed by atoms with Crippen LogP contribution in [0, 0.1) is 17.8 Å². The molecule has 3 aliphatic carbocycles.